The lowest BCUT2D eigenvalue weighted by Crippen LogP contribution is -2.53. The van der Waals surface area contributed by atoms with Crippen molar-refractivity contribution in [3.8, 4) is 5.75 Å². The van der Waals surface area contributed by atoms with Crippen molar-refractivity contribution in [1.29, 1.82) is 0 Å². The van der Waals surface area contributed by atoms with Crippen LogP contribution in [0.15, 0.2) is 48.5 Å². The zero-order valence-electron chi connectivity index (χ0n) is 20.7. The highest BCUT2D eigenvalue weighted by Crippen LogP contribution is 2.24. The van der Waals surface area contributed by atoms with Crippen molar-refractivity contribution in [2.45, 2.75) is 52.7 Å². The van der Waals surface area contributed by atoms with E-state index in [4.69, 9.17) is 4.74 Å². The van der Waals surface area contributed by atoms with Crippen molar-refractivity contribution in [2.24, 2.45) is 0 Å². The minimum Gasteiger partial charge on any atom is -0.497 e. The number of methoxy groups -OCH3 is 1. The molecule has 0 saturated heterocycles. The van der Waals surface area contributed by atoms with E-state index in [-0.39, 0.29) is 18.5 Å². The number of sulfonamides is 1. The van der Waals surface area contributed by atoms with Gasteiger partial charge in [-0.3, -0.25) is 13.9 Å². The van der Waals surface area contributed by atoms with Crippen LogP contribution >= 0.6 is 0 Å². The van der Waals surface area contributed by atoms with Crippen LogP contribution in [0, 0.1) is 6.92 Å². The Hall–Kier alpha value is -3.07. The number of hydrogen-bond donors (Lipinski definition) is 1. The normalized spacial score (nSPS) is 12.2. The fraction of sp³-hybridized carbons (Fsp3) is 0.440. The molecule has 1 atom stereocenters. The minimum atomic E-state index is -3.79. The van der Waals surface area contributed by atoms with Gasteiger partial charge in [-0.25, -0.2) is 8.42 Å². The molecule has 0 radical (unpaired) electrons. The quantitative estimate of drug-likeness (QED) is 0.523. The Morgan fingerprint density at radius 1 is 1.09 bits per heavy atom. The lowest BCUT2D eigenvalue weighted by Gasteiger charge is -2.33. The summed E-state index contributed by atoms with van der Waals surface area (Å²) in [7, 11) is -2.31. The largest absolute Gasteiger partial charge is 0.497 e. The average molecular weight is 490 g/mol. The molecule has 9 heteroatoms. The molecule has 2 aromatic rings. The van der Waals surface area contributed by atoms with E-state index >= 15 is 0 Å². The lowest BCUT2D eigenvalue weighted by molar-refractivity contribution is -0.140. The van der Waals surface area contributed by atoms with Crippen LogP contribution in [0.5, 0.6) is 5.75 Å². The van der Waals surface area contributed by atoms with E-state index in [2.05, 4.69) is 5.32 Å². The fourth-order valence-electron chi connectivity index (χ4n) is 3.69. The van der Waals surface area contributed by atoms with Gasteiger partial charge in [0, 0.05) is 18.7 Å². The van der Waals surface area contributed by atoms with E-state index in [0.29, 0.717) is 17.9 Å². The van der Waals surface area contributed by atoms with E-state index < -0.39 is 28.5 Å². The van der Waals surface area contributed by atoms with Crippen LogP contribution in [0.3, 0.4) is 0 Å². The average Bonchev–Trinajstić information content (AvgIpc) is 2.76. The van der Waals surface area contributed by atoms with Gasteiger partial charge in [-0.05, 0) is 44.9 Å². The van der Waals surface area contributed by atoms with Crippen LogP contribution in [0.2, 0.25) is 0 Å². The van der Waals surface area contributed by atoms with Gasteiger partial charge in [0.15, 0.2) is 0 Å². The highest BCUT2D eigenvalue weighted by molar-refractivity contribution is 7.92. The maximum atomic E-state index is 13.6. The summed E-state index contributed by atoms with van der Waals surface area (Å²) in [5.41, 5.74) is 2.19. The fourth-order valence-corrected chi connectivity index (χ4v) is 4.53. The van der Waals surface area contributed by atoms with Gasteiger partial charge in [0.05, 0.1) is 19.1 Å². The molecule has 2 amide bonds. The molecule has 0 aliphatic heterocycles. The highest BCUT2D eigenvalue weighted by atomic mass is 32.2. The number of hydrogen-bond acceptors (Lipinski definition) is 5. The van der Waals surface area contributed by atoms with Gasteiger partial charge < -0.3 is 15.0 Å². The Morgan fingerprint density at radius 3 is 2.32 bits per heavy atom. The Kier molecular flexibility index (Phi) is 9.49. The first-order valence-electron chi connectivity index (χ1n) is 11.2. The summed E-state index contributed by atoms with van der Waals surface area (Å²) in [6.45, 7) is 7.23. The van der Waals surface area contributed by atoms with E-state index in [1.54, 1.807) is 24.3 Å². The van der Waals surface area contributed by atoms with Crippen molar-refractivity contribution in [1.82, 2.24) is 10.2 Å². The maximum absolute atomic E-state index is 13.6. The van der Waals surface area contributed by atoms with Crippen LogP contribution in [-0.2, 0) is 26.2 Å². The molecule has 0 aliphatic carbocycles. The summed E-state index contributed by atoms with van der Waals surface area (Å²) in [6.07, 6.45) is 1.43. The van der Waals surface area contributed by atoms with Crippen LogP contribution in [0.1, 0.15) is 38.3 Å². The smallest absolute Gasteiger partial charge is 0.244 e. The number of benzene rings is 2. The lowest BCUT2D eigenvalue weighted by atomic mass is 10.1. The molecule has 0 bridgehead atoms. The van der Waals surface area contributed by atoms with Crippen LogP contribution in [-0.4, -0.2) is 57.1 Å². The van der Waals surface area contributed by atoms with E-state index in [0.717, 1.165) is 21.7 Å². The van der Waals surface area contributed by atoms with Gasteiger partial charge in [-0.15, -0.1) is 0 Å². The Labute approximate surface area is 202 Å². The number of anilines is 1. The second kappa shape index (κ2) is 11.9. The molecule has 0 saturated carbocycles. The molecule has 0 aliphatic rings. The molecule has 0 heterocycles. The molecule has 0 spiro atoms. The second-order valence-corrected chi connectivity index (χ2v) is 10.5. The third-order valence-electron chi connectivity index (χ3n) is 5.27. The van der Waals surface area contributed by atoms with Crippen LogP contribution in [0.25, 0.3) is 0 Å². The SMILES string of the molecule is CCC(C(=O)NC(C)C)N(Cc1cccc(C)c1)C(=O)CN(c1cccc(OC)c1)S(C)(=O)=O. The molecule has 8 nitrogen and oxygen atoms in total. The molecule has 1 N–H and O–H groups in total. The molecular formula is C25H35N3O5S. The molecule has 2 rings (SSSR count). The third kappa shape index (κ3) is 7.48. The van der Waals surface area contributed by atoms with Gasteiger partial charge in [-0.2, -0.15) is 0 Å². The van der Waals surface area contributed by atoms with Crippen molar-refractivity contribution in [3.63, 3.8) is 0 Å². The highest BCUT2D eigenvalue weighted by Gasteiger charge is 2.32. The Bertz CT molecular complexity index is 1100. The number of ether oxygens (including phenoxy) is 1. The van der Waals surface area contributed by atoms with Crippen molar-refractivity contribution < 1.29 is 22.7 Å². The summed E-state index contributed by atoms with van der Waals surface area (Å²) >= 11 is 0. The van der Waals surface area contributed by atoms with Crippen LogP contribution in [0.4, 0.5) is 5.69 Å². The first-order valence-corrected chi connectivity index (χ1v) is 13.1. The number of carbonyl (C=O) groups excluding carboxylic acids is 2. The second-order valence-electron chi connectivity index (χ2n) is 8.57. The van der Waals surface area contributed by atoms with Gasteiger partial charge in [0.2, 0.25) is 21.8 Å². The maximum Gasteiger partial charge on any atom is 0.244 e. The first-order chi connectivity index (χ1) is 16.0. The number of rotatable bonds is 11. The third-order valence-corrected chi connectivity index (χ3v) is 6.41. The molecular weight excluding hydrogens is 454 g/mol. The summed E-state index contributed by atoms with van der Waals surface area (Å²) < 4.78 is 31.5. The Balaban J connectivity index is 2.45. The molecule has 1 unspecified atom stereocenters. The zero-order chi connectivity index (χ0) is 25.5. The van der Waals surface area contributed by atoms with Gasteiger partial charge in [0.25, 0.3) is 0 Å². The standard InChI is InChI=1S/C25H35N3O5S/c1-7-23(25(30)26-18(2)3)27(16-20-11-8-10-19(4)14-20)24(29)17-28(34(6,31)32)21-12-9-13-22(15-21)33-5/h8-15,18,23H,7,16-17H2,1-6H3,(H,26,30). The summed E-state index contributed by atoms with van der Waals surface area (Å²) in [5.74, 6) is -0.274. The van der Waals surface area contributed by atoms with E-state index in [9.17, 15) is 18.0 Å². The first kappa shape index (κ1) is 27.2. The number of aryl methyl sites for hydroxylation is 1. The molecule has 2 aromatic carbocycles. The number of carbonyl (C=O) groups is 2. The molecule has 186 valence electrons. The molecule has 0 fully saturated rings. The van der Waals surface area contributed by atoms with E-state index in [1.807, 2.05) is 52.0 Å². The van der Waals surface area contributed by atoms with Crippen molar-refractivity contribution in [3.05, 3.63) is 59.7 Å². The summed E-state index contributed by atoms with van der Waals surface area (Å²) in [4.78, 5) is 28.1. The number of nitrogens with one attached hydrogen (secondary N) is 1. The van der Waals surface area contributed by atoms with E-state index in [1.165, 1.54) is 12.0 Å². The summed E-state index contributed by atoms with van der Waals surface area (Å²) in [6, 6.07) is 13.3. The van der Waals surface area contributed by atoms with Gasteiger partial charge in [0.1, 0.15) is 18.3 Å². The van der Waals surface area contributed by atoms with Crippen molar-refractivity contribution in [2.75, 3.05) is 24.2 Å². The number of nitrogens with zero attached hydrogens (tertiary/aromatic N) is 2. The predicted molar refractivity (Wildman–Crippen MR) is 134 cm³/mol. The van der Waals surface area contributed by atoms with Crippen molar-refractivity contribution >= 4 is 27.5 Å². The van der Waals surface area contributed by atoms with Gasteiger partial charge >= 0.3 is 0 Å². The molecule has 0 aromatic heterocycles. The predicted octanol–water partition coefficient (Wildman–Crippen LogP) is 3.10. The molecule has 34 heavy (non-hydrogen) atoms. The monoisotopic (exact) mass is 489 g/mol. The Morgan fingerprint density at radius 2 is 1.76 bits per heavy atom. The van der Waals surface area contributed by atoms with Gasteiger partial charge in [-0.1, -0.05) is 42.8 Å². The topological polar surface area (TPSA) is 96.0 Å². The van der Waals surface area contributed by atoms with Crippen LogP contribution < -0.4 is 14.4 Å². The zero-order valence-corrected chi connectivity index (χ0v) is 21.6. The number of amides is 2. The minimum absolute atomic E-state index is 0.0956. The summed E-state index contributed by atoms with van der Waals surface area (Å²) in [5, 5.41) is 2.88.